The summed E-state index contributed by atoms with van der Waals surface area (Å²) in [5.74, 6) is 1.15. The minimum Gasteiger partial charge on any atom is -0.284 e. The van der Waals surface area contributed by atoms with Crippen molar-refractivity contribution in [3.05, 3.63) is 0 Å². The summed E-state index contributed by atoms with van der Waals surface area (Å²) < 4.78 is 0. The normalized spacial score (nSPS) is 14.9. The smallest absolute Gasteiger partial charge is 0.0919 e. The van der Waals surface area contributed by atoms with Crippen molar-refractivity contribution in [2.75, 3.05) is 5.75 Å². The lowest BCUT2D eigenvalue weighted by molar-refractivity contribution is 1.05. The average Bonchev–Trinajstić information content (AvgIpc) is 1.68. The first-order valence-electron chi connectivity index (χ1n) is 2.90. The van der Waals surface area contributed by atoms with E-state index in [9.17, 15) is 0 Å². The summed E-state index contributed by atoms with van der Waals surface area (Å²) in [7, 11) is 0. The number of aliphatic imine (C=N–C) groups is 1. The number of thioether (sulfide) groups is 1. The van der Waals surface area contributed by atoms with E-state index in [0.717, 1.165) is 5.75 Å². The second kappa shape index (κ2) is 5.16. The van der Waals surface area contributed by atoms with E-state index in [0.29, 0.717) is 5.37 Å². The second-order valence-electron chi connectivity index (χ2n) is 1.46. The second-order valence-corrected chi connectivity index (χ2v) is 3.05. The molecule has 0 rings (SSSR count). The lowest BCUT2D eigenvalue weighted by Gasteiger charge is -1.99. The van der Waals surface area contributed by atoms with E-state index in [1.807, 2.05) is 24.9 Å². The maximum Gasteiger partial charge on any atom is 0.0919 e. The van der Waals surface area contributed by atoms with Gasteiger partial charge in [-0.3, -0.25) is 4.99 Å². The van der Waals surface area contributed by atoms with Gasteiger partial charge in [0.25, 0.3) is 0 Å². The van der Waals surface area contributed by atoms with Crippen LogP contribution in [-0.2, 0) is 0 Å². The number of rotatable bonds is 3. The molecule has 0 aromatic carbocycles. The van der Waals surface area contributed by atoms with Gasteiger partial charge >= 0.3 is 0 Å². The highest BCUT2D eigenvalue weighted by Crippen LogP contribution is 2.08. The minimum absolute atomic E-state index is 0.449. The Labute approximate surface area is 55.6 Å². The van der Waals surface area contributed by atoms with Gasteiger partial charge in [0.1, 0.15) is 0 Å². The molecule has 0 saturated carbocycles. The van der Waals surface area contributed by atoms with Crippen LogP contribution in [0.15, 0.2) is 4.99 Å². The van der Waals surface area contributed by atoms with Crippen molar-refractivity contribution in [2.24, 2.45) is 4.99 Å². The highest BCUT2D eigenvalue weighted by atomic mass is 32.2. The van der Waals surface area contributed by atoms with Crippen molar-refractivity contribution >= 4 is 18.0 Å². The Bertz CT molecular complexity index is 70.9. The Kier molecular flexibility index (Phi) is 5.18. The molecule has 1 unspecified atom stereocenters. The first-order chi connectivity index (χ1) is 3.81. The molecule has 0 spiro atoms. The van der Waals surface area contributed by atoms with Gasteiger partial charge in [-0.05, 0) is 25.8 Å². The number of hydrogen-bond acceptors (Lipinski definition) is 2. The fourth-order valence-corrected chi connectivity index (χ4v) is 1.18. The fourth-order valence-electron chi connectivity index (χ4n) is 0.494. The quantitative estimate of drug-likeness (QED) is 0.535. The van der Waals surface area contributed by atoms with E-state index in [1.165, 1.54) is 0 Å². The molecule has 0 aliphatic carbocycles. The Hall–Kier alpha value is 0.0200. The van der Waals surface area contributed by atoms with Crippen LogP contribution >= 0.6 is 11.8 Å². The van der Waals surface area contributed by atoms with Gasteiger partial charge < -0.3 is 0 Å². The van der Waals surface area contributed by atoms with Crippen LogP contribution in [-0.4, -0.2) is 17.3 Å². The molecular weight excluding hydrogens is 118 g/mol. The SMILES string of the molecule is CC=NC(C)SCC. The molecule has 8 heavy (non-hydrogen) atoms. The highest BCUT2D eigenvalue weighted by Gasteiger charge is 1.91. The van der Waals surface area contributed by atoms with Gasteiger partial charge in [0.05, 0.1) is 5.37 Å². The Morgan fingerprint density at radius 1 is 1.75 bits per heavy atom. The molecule has 0 aromatic heterocycles. The summed E-state index contributed by atoms with van der Waals surface area (Å²) in [5.41, 5.74) is 0. The van der Waals surface area contributed by atoms with Gasteiger partial charge in [0.15, 0.2) is 0 Å². The number of nitrogens with zero attached hydrogens (tertiary/aromatic N) is 1. The largest absolute Gasteiger partial charge is 0.284 e. The average molecular weight is 131 g/mol. The van der Waals surface area contributed by atoms with Crippen molar-refractivity contribution < 1.29 is 0 Å². The van der Waals surface area contributed by atoms with E-state index in [2.05, 4.69) is 18.8 Å². The third-order valence-electron chi connectivity index (χ3n) is 0.767. The van der Waals surface area contributed by atoms with E-state index < -0.39 is 0 Å². The lowest BCUT2D eigenvalue weighted by Crippen LogP contribution is -1.89. The van der Waals surface area contributed by atoms with E-state index in [4.69, 9.17) is 0 Å². The predicted molar refractivity (Wildman–Crippen MR) is 41.8 cm³/mol. The molecule has 0 radical (unpaired) electrons. The van der Waals surface area contributed by atoms with Crippen LogP contribution in [0.25, 0.3) is 0 Å². The molecule has 48 valence electrons. The van der Waals surface area contributed by atoms with Crippen molar-refractivity contribution in [2.45, 2.75) is 26.1 Å². The highest BCUT2D eigenvalue weighted by molar-refractivity contribution is 7.99. The van der Waals surface area contributed by atoms with Gasteiger partial charge in [-0.25, -0.2) is 0 Å². The van der Waals surface area contributed by atoms with Crippen molar-refractivity contribution in [1.82, 2.24) is 0 Å². The van der Waals surface area contributed by atoms with Crippen LogP contribution in [0.4, 0.5) is 0 Å². The molecule has 0 saturated heterocycles. The standard InChI is InChI=1S/C6H13NS/c1-4-7-6(3)8-5-2/h4,6H,5H2,1-3H3. The van der Waals surface area contributed by atoms with Crippen LogP contribution in [0.2, 0.25) is 0 Å². The van der Waals surface area contributed by atoms with Crippen LogP contribution in [0.3, 0.4) is 0 Å². The van der Waals surface area contributed by atoms with Crippen molar-refractivity contribution in [3.63, 3.8) is 0 Å². The van der Waals surface area contributed by atoms with Crippen molar-refractivity contribution in [3.8, 4) is 0 Å². The maximum absolute atomic E-state index is 4.15. The molecule has 2 heteroatoms. The fraction of sp³-hybridized carbons (Fsp3) is 0.833. The maximum atomic E-state index is 4.15. The summed E-state index contributed by atoms with van der Waals surface area (Å²) in [6, 6.07) is 0. The molecular formula is C6H13NS. The van der Waals surface area contributed by atoms with E-state index in [-0.39, 0.29) is 0 Å². The van der Waals surface area contributed by atoms with Crippen LogP contribution in [0.1, 0.15) is 20.8 Å². The Morgan fingerprint density at radius 3 is 2.75 bits per heavy atom. The summed E-state index contributed by atoms with van der Waals surface area (Å²) in [5, 5.41) is 0.449. The molecule has 0 fully saturated rings. The first kappa shape index (κ1) is 8.02. The monoisotopic (exact) mass is 131 g/mol. The minimum atomic E-state index is 0.449. The molecule has 1 nitrogen and oxygen atoms in total. The van der Waals surface area contributed by atoms with Gasteiger partial charge in [-0.2, -0.15) is 0 Å². The third-order valence-corrected chi connectivity index (χ3v) is 1.70. The molecule has 0 aliphatic rings. The molecule has 0 bridgehead atoms. The molecule has 0 heterocycles. The molecule has 0 N–H and O–H groups in total. The zero-order chi connectivity index (χ0) is 6.41. The van der Waals surface area contributed by atoms with Crippen LogP contribution in [0.5, 0.6) is 0 Å². The first-order valence-corrected chi connectivity index (χ1v) is 3.95. The Balaban J connectivity index is 3.17. The van der Waals surface area contributed by atoms with E-state index >= 15 is 0 Å². The van der Waals surface area contributed by atoms with Gasteiger partial charge in [-0.1, -0.05) is 6.92 Å². The summed E-state index contributed by atoms with van der Waals surface area (Å²) >= 11 is 1.86. The van der Waals surface area contributed by atoms with Crippen molar-refractivity contribution in [1.29, 1.82) is 0 Å². The van der Waals surface area contributed by atoms with Gasteiger partial charge in [0.2, 0.25) is 0 Å². The predicted octanol–water partition coefficient (Wildman–Crippen LogP) is 2.18. The molecule has 0 aromatic rings. The molecule has 0 amide bonds. The third kappa shape index (κ3) is 4.19. The Morgan fingerprint density at radius 2 is 2.38 bits per heavy atom. The van der Waals surface area contributed by atoms with Gasteiger partial charge in [-0.15, -0.1) is 11.8 Å². The number of hydrogen-bond donors (Lipinski definition) is 0. The zero-order valence-electron chi connectivity index (χ0n) is 5.72. The topological polar surface area (TPSA) is 12.4 Å². The molecule has 1 atom stereocenters. The summed E-state index contributed by atoms with van der Waals surface area (Å²) in [4.78, 5) is 4.15. The van der Waals surface area contributed by atoms with Crippen LogP contribution < -0.4 is 0 Å². The lowest BCUT2D eigenvalue weighted by atomic mass is 10.7. The van der Waals surface area contributed by atoms with Gasteiger partial charge in [0, 0.05) is 0 Å². The summed E-state index contributed by atoms with van der Waals surface area (Å²) in [6.07, 6.45) is 1.85. The van der Waals surface area contributed by atoms with E-state index in [1.54, 1.807) is 0 Å². The zero-order valence-corrected chi connectivity index (χ0v) is 6.53. The molecule has 0 aliphatic heterocycles. The van der Waals surface area contributed by atoms with Crippen LogP contribution in [0, 0.1) is 0 Å². The summed E-state index contributed by atoms with van der Waals surface area (Å²) in [6.45, 7) is 6.20.